The minimum Gasteiger partial charge on any atom is -0.305 e. The Morgan fingerprint density at radius 2 is 2.10 bits per heavy atom. The Morgan fingerprint density at radius 1 is 1.33 bits per heavy atom. The van der Waals surface area contributed by atoms with Crippen molar-refractivity contribution < 1.29 is 0 Å². The second-order valence-electron chi connectivity index (χ2n) is 4.76. The summed E-state index contributed by atoms with van der Waals surface area (Å²) in [5.41, 5.74) is 2.03. The summed E-state index contributed by atoms with van der Waals surface area (Å²) in [4.78, 5) is 0. The summed E-state index contributed by atoms with van der Waals surface area (Å²) in [6, 6.07) is 5.49. The molecule has 0 saturated carbocycles. The number of nitrogens with one attached hydrogen (secondary N) is 1. The molecule has 0 spiro atoms. The first-order chi connectivity index (χ1) is 10.1. The first-order valence-electron chi connectivity index (χ1n) is 6.98. The third kappa shape index (κ3) is 3.81. The molecular formula is C15H18BrCl2N3. The van der Waals surface area contributed by atoms with Gasteiger partial charge in [0, 0.05) is 16.6 Å². The maximum absolute atomic E-state index is 6.38. The van der Waals surface area contributed by atoms with Crippen molar-refractivity contribution in [2.45, 2.75) is 32.9 Å². The van der Waals surface area contributed by atoms with E-state index in [0.29, 0.717) is 10.0 Å². The highest BCUT2D eigenvalue weighted by Crippen LogP contribution is 2.34. The molecule has 1 heterocycles. The summed E-state index contributed by atoms with van der Waals surface area (Å²) in [6.07, 6.45) is 2.84. The van der Waals surface area contributed by atoms with Gasteiger partial charge in [0.05, 0.1) is 22.4 Å². The molecule has 0 fully saturated rings. The van der Waals surface area contributed by atoms with Crippen LogP contribution in [0.5, 0.6) is 0 Å². The van der Waals surface area contributed by atoms with Gasteiger partial charge in [-0.15, -0.1) is 0 Å². The molecule has 21 heavy (non-hydrogen) atoms. The van der Waals surface area contributed by atoms with Gasteiger partial charge in [0.25, 0.3) is 0 Å². The normalized spacial score (nSPS) is 12.6. The van der Waals surface area contributed by atoms with Crippen LogP contribution in [0.25, 0.3) is 0 Å². The summed E-state index contributed by atoms with van der Waals surface area (Å²) in [6.45, 7) is 5.88. The van der Waals surface area contributed by atoms with E-state index in [0.717, 1.165) is 35.2 Å². The highest BCUT2D eigenvalue weighted by molar-refractivity contribution is 9.10. The molecule has 114 valence electrons. The smallest absolute Gasteiger partial charge is 0.0774 e. The lowest BCUT2D eigenvalue weighted by Gasteiger charge is -2.22. The van der Waals surface area contributed by atoms with Gasteiger partial charge >= 0.3 is 0 Å². The van der Waals surface area contributed by atoms with Gasteiger partial charge in [-0.3, -0.25) is 4.68 Å². The maximum atomic E-state index is 6.38. The van der Waals surface area contributed by atoms with Crippen LogP contribution in [0.3, 0.4) is 0 Å². The van der Waals surface area contributed by atoms with Crippen LogP contribution >= 0.6 is 39.1 Å². The molecule has 0 radical (unpaired) electrons. The van der Waals surface area contributed by atoms with Crippen LogP contribution in [-0.2, 0) is 6.54 Å². The Balaban J connectivity index is 2.53. The molecule has 0 aliphatic rings. The van der Waals surface area contributed by atoms with E-state index in [1.54, 1.807) is 6.07 Å². The van der Waals surface area contributed by atoms with Gasteiger partial charge in [0.1, 0.15) is 0 Å². The van der Waals surface area contributed by atoms with E-state index in [9.17, 15) is 0 Å². The Bertz CT molecular complexity index is 613. The van der Waals surface area contributed by atoms with Gasteiger partial charge in [-0.05, 0) is 52.7 Å². The summed E-state index contributed by atoms with van der Waals surface area (Å²) < 4.78 is 2.98. The average molecular weight is 391 g/mol. The Kier molecular flexibility index (Phi) is 6.11. The van der Waals surface area contributed by atoms with E-state index in [2.05, 4.69) is 40.2 Å². The molecule has 0 aliphatic heterocycles. The molecule has 1 aromatic heterocycles. The summed E-state index contributed by atoms with van der Waals surface area (Å²) in [5, 5.41) is 9.29. The zero-order valence-electron chi connectivity index (χ0n) is 12.0. The Hall–Kier alpha value is -0.550. The van der Waals surface area contributed by atoms with Crippen LogP contribution in [0, 0.1) is 0 Å². The van der Waals surface area contributed by atoms with Crippen LogP contribution in [-0.4, -0.2) is 16.3 Å². The lowest BCUT2D eigenvalue weighted by molar-refractivity contribution is 0.519. The fourth-order valence-corrected chi connectivity index (χ4v) is 3.28. The molecule has 1 unspecified atom stereocenters. The zero-order valence-corrected chi connectivity index (χ0v) is 15.1. The molecule has 2 aromatic rings. The average Bonchev–Trinajstić information content (AvgIpc) is 2.81. The number of hydrogen-bond donors (Lipinski definition) is 1. The molecule has 0 amide bonds. The maximum Gasteiger partial charge on any atom is 0.0774 e. The van der Waals surface area contributed by atoms with E-state index in [1.807, 2.05) is 23.0 Å². The van der Waals surface area contributed by atoms with Crippen molar-refractivity contribution in [2.24, 2.45) is 0 Å². The minimum absolute atomic E-state index is 0.0513. The highest BCUT2D eigenvalue weighted by Gasteiger charge is 2.23. The first-order valence-corrected chi connectivity index (χ1v) is 8.52. The highest BCUT2D eigenvalue weighted by atomic mass is 79.9. The van der Waals surface area contributed by atoms with Crippen molar-refractivity contribution in [2.75, 3.05) is 6.54 Å². The van der Waals surface area contributed by atoms with Gasteiger partial charge in [-0.1, -0.05) is 37.0 Å². The third-order valence-corrected chi connectivity index (χ3v) is 4.41. The van der Waals surface area contributed by atoms with Gasteiger partial charge in [0.2, 0.25) is 0 Å². The predicted molar refractivity (Wildman–Crippen MR) is 92.2 cm³/mol. The second kappa shape index (κ2) is 7.63. The van der Waals surface area contributed by atoms with Gasteiger partial charge in [-0.25, -0.2) is 0 Å². The molecule has 2 rings (SSSR count). The molecule has 1 atom stereocenters. The van der Waals surface area contributed by atoms with E-state index < -0.39 is 0 Å². The van der Waals surface area contributed by atoms with E-state index in [4.69, 9.17) is 23.2 Å². The van der Waals surface area contributed by atoms with E-state index in [1.165, 1.54) is 0 Å². The lowest BCUT2D eigenvalue weighted by Crippen LogP contribution is -2.25. The first kappa shape index (κ1) is 16.8. The Labute approximate surface area is 143 Å². The third-order valence-electron chi connectivity index (χ3n) is 3.22. The molecule has 0 bridgehead atoms. The predicted octanol–water partition coefficient (Wildman–Crippen LogP) is 5.06. The van der Waals surface area contributed by atoms with Gasteiger partial charge < -0.3 is 5.32 Å². The van der Waals surface area contributed by atoms with Crippen LogP contribution in [0.2, 0.25) is 10.0 Å². The Morgan fingerprint density at radius 3 is 2.76 bits per heavy atom. The summed E-state index contributed by atoms with van der Waals surface area (Å²) in [7, 11) is 0. The van der Waals surface area contributed by atoms with Crippen LogP contribution in [0.15, 0.2) is 28.9 Å². The van der Waals surface area contributed by atoms with Crippen molar-refractivity contribution in [1.82, 2.24) is 15.1 Å². The lowest BCUT2D eigenvalue weighted by atomic mass is 10.0. The molecule has 0 aliphatic carbocycles. The van der Waals surface area contributed by atoms with Crippen LogP contribution in [0.4, 0.5) is 0 Å². The molecular weight excluding hydrogens is 373 g/mol. The van der Waals surface area contributed by atoms with Crippen molar-refractivity contribution in [1.29, 1.82) is 0 Å². The van der Waals surface area contributed by atoms with E-state index >= 15 is 0 Å². The quantitative estimate of drug-likeness (QED) is 0.746. The monoisotopic (exact) mass is 389 g/mol. The molecule has 1 aromatic carbocycles. The number of aryl methyl sites for hydroxylation is 1. The van der Waals surface area contributed by atoms with Crippen molar-refractivity contribution in [3.05, 3.63) is 50.2 Å². The number of nitrogens with zero attached hydrogens (tertiary/aromatic N) is 2. The summed E-state index contributed by atoms with van der Waals surface area (Å²) in [5.74, 6) is 0. The van der Waals surface area contributed by atoms with Crippen LogP contribution < -0.4 is 5.32 Å². The molecule has 3 nitrogen and oxygen atoms in total. The topological polar surface area (TPSA) is 29.9 Å². The minimum atomic E-state index is -0.0513. The summed E-state index contributed by atoms with van der Waals surface area (Å²) >= 11 is 16.1. The zero-order chi connectivity index (χ0) is 15.4. The number of rotatable bonds is 6. The van der Waals surface area contributed by atoms with Gasteiger partial charge in [0.15, 0.2) is 0 Å². The standard InChI is InChI=1S/C15H18BrCl2N3/c1-3-7-21-15(12(16)9-20-21)14(19-4-2)11-8-10(17)5-6-13(11)18/h5-6,8-9,14,19H,3-4,7H2,1-2H3. The molecule has 0 saturated heterocycles. The van der Waals surface area contributed by atoms with Crippen molar-refractivity contribution in [3.8, 4) is 0 Å². The second-order valence-corrected chi connectivity index (χ2v) is 6.46. The molecule has 1 N–H and O–H groups in total. The fraction of sp³-hybridized carbons (Fsp3) is 0.400. The number of aromatic nitrogens is 2. The van der Waals surface area contributed by atoms with Gasteiger partial charge in [-0.2, -0.15) is 5.10 Å². The molecule has 6 heteroatoms. The SMILES string of the molecule is CCCn1ncc(Br)c1C(NCC)c1cc(Cl)ccc1Cl. The fourth-order valence-electron chi connectivity index (χ4n) is 2.34. The largest absolute Gasteiger partial charge is 0.305 e. The van der Waals surface area contributed by atoms with E-state index in [-0.39, 0.29) is 6.04 Å². The van der Waals surface area contributed by atoms with Crippen molar-refractivity contribution >= 4 is 39.1 Å². The number of hydrogen-bond acceptors (Lipinski definition) is 2. The van der Waals surface area contributed by atoms with Crippen LogP contribution in [0.1, 0.15) is 37.6 Å². The number of halogens is 3. The van der Waals surface area contributed by atoms with Crippen molar-refractivity contribution in [3.63, 3.8) is 0 Å². The number of benzene rings is 1.